The van der Waals surface area contributed by atoms with E-state index in [-0.39, 0.29) is 18.8 Å². The first-order chi connectivity index (χ1) is 11.0. The lowest BCUT2D eigenvalue weighted by molar-refractivity contribution is -0.199. The number of rotatable bonds is 1. The maximum atomic E-state index is 6.57. The van der Waals surface area contributed by atoms with Gasteiger partial charge in [0.05, 0.1) is 17.2 Å². The fraction of sp³-hybridized carbons (Fsp3) is 0.526. The summed E-state index contributed by atoms with van der Waals surface area (Å²) in [5.41, 5.74) is 2.27. The second-order valence-corrected chi connectivity index (χ2v) is 8.22. The van der Waals surface area contributed by atoms with Crippen LogP contribution in [0.5, 0.6) is 0 Å². The average Bonchev–Trinajstić information content (AvgIpc) is 2.90. The lowest BCUT2D eigenvalue weighted by Gasteiger charge is -2.64. The van der Waals surface area contributed by atoms with Crippen LogP contribution in [0.4, 0.5) is 0 Å². The molecule has 2 heterocycles. The largest absolute Gasteiger partial charge is 0.496 e. The van der Waals surface area contributed by atoms with E-state index in [1.807, 2.05) is 12.3 Å². The average molecular weight is 307 g/mol. The van der Waals surface area contributed by atoms with Crippen LogP contribution >= 0.6 is 0 Å². The van der Waals surface area contributed by atoms with Crippen molar-refractivity contribution in [3.63, 3.8) is 0 Å². The van der Waals surface area contributed by atoms with Crippen molar-refractivity contribution in [3.05, 3.63) is 36.5 Å². The van der Waals surface area contributed by atoms with Crippen molar-refractivity contribution >= 4 is 23.5 Å². The number of hydrogen-bond acceptors (Lipinski definition) is 3. The molecule has 4 aliphatic rings. The van der Waals surface area contributed by atoms with E-state index < -0.39 is 0 Å². The molecule has 0 N–H and O–H groups in total. The quantitative estimate of drug-likeness (QED) is 0.758. The molecule has 1 aromatic heterocycles. The smallest absolute Gasteiger partial charge is 0.401 e. The fourth-order valence-electron chi connectivity index (χ4n) is 5.32. The van der Waals surface area contributed by atoms with Gasteiger partial charge in [0, 0.05) is 11.7 Å². The van der Waals surface area contributed by atoms with Gasteiger partial charge in [0.1, 0.15) is 0 Å². The first-order valence-electron chi connectivity index (χ1n) is 8.67. The molecule has 118 valence electrons. The summed E-state index contributed by atoms with van der Waals surface area (Å²) >= 11 is 0. The van der Waals surface area contributed by atoms with Crippen LogP contribution in [-0.4, -0.2) is 23.8 Å². The van der Waals surface area contributed by atoms with Crippen molar-refractivity contribution in [3.8, 4) is 0 Å². The molecule has 4 fully saturated rings. The van der Waals surface area contributed by atoms with Gasteiger partial charge in [-0.05, 0) is 48.5 Å². The lowest BCUT2D eigenvalue weighted by Crippen LogP contribution is -2.65. The second-order valence-electron chi connectivity index (χ2n) is 8.22. The summed E-state index contributed by atoms with van der Waals surface area (Å²) in [6.45, 7) is 7.05. The highest BCUT2D eigenvalue weighted by atomic mass is 16.7. The van der Waals surface area contributed by atoms with Crippen molar-refractivity contribution in [2.75, 3.05) is 0 Å². The van der Waals surface area contributed by atoms with Gasteiger partial charge >= 0.3 is 7.12 Å². The van der Waals surface area contributed by atoms with E-state index in [0.29, 0.717) is 11.3 Å². The summed E-state index contributed by atoms with van der Waals surface area (Å²) in [6, 6.07) is 10.3. The van der Waals surface area contributed by atoms with Gasteiger partial charge in [-0.1, -0.05) is 38.1 Å². The zero-order valence-electron chi connectivity index (χ0n) is 14.0. The van der Waals surface area contributed by atoms with Crippen molar-refractivity contribution in [2.24, 2.45) is 17.3 Å². The third kappa shape index (κ3) is 1.71. The summed E-state index contributed by atoms with van der Waals surface area (Å²) in [6.07, 6.45) is 4.46. The standard InChI is InChI=1S/C19H22BNO2/c1-18(2)13-10-15(18)19(3)16(11-13)22-20(23-19)14-8-4-6-12-7-5-9-21-17(12)14/h4-9,13,15-16H,10-11H2,1-3H3/t13-,15-,16+,19-/m1/s1. The van der Waals surface area contributed by atoms with Gasteiger partial charge in [0.25, 0.3) is 0 Å². The van der Waals surface area contributed by atoms with E-state index in [1.165, 1.54) is 6.42 Å². The van der Waals surface area contributed by atoms with E-state index in [4.69, 9.17) is 9.31 Å². The van der Waals surface area contributed by atoms with Gasteiger partial charge in [-0.3, -0.25) is 4.98 Å². The summed E-state index contributed by atoms with van der Waals surface area (Å²) in [5, 5.41) is 1.14. The van der Waals surface area contributed by atoms with Crippen LogP contribution in [0.25, 0.3) is 10.9 Å². The molecule has 0 radical (unpaired) electrons. The van der Waals surface area contributed by atoms with Crippen LogP contribution < -0.4 is 5.46 Å². The molecular weight excluding hydrogens is 285 g/mol. The topological polar surface area (TPSA) is 31.4 Å². The van der Waals surface area contributed by atoms with E-state index in [9.17, 15) is 0 Å². The molecule has 4 atom stereocenters. The van der Waals surface area contributed by atoms with Crippen LogP contribution in [0.3, 0.4) is 0 Å². The molecule has 23 heavy (non-hydrogen) atoms. The number of aromatic nitrogens is 1. The molecule has 0 amide bonds. The van der Waals surface area contributed by atoms with Crippen LogP contribution in [0.1, 0.15) is 33.6 Å². The highest BCUT2D eigenvalue weighted by molar-refractivity contribution is 6.64. The van der Waals surface area contributed by atoms with Crippen LogP contribution in [0.15, 0.2) is 36.5 Å². The van der Waals surface area contributed by atoms with Crippen molar-refractivity contribution in [2.45, 2.75) is 45.3 Å². The van der Waals surface area contributed by atoms with E-state index in [1.54, 1.807) is 0 Å². The van der Waals surface area contributed by atoms with Crippen LogP contribution in [0.2, 0.25) is 0 Å². The molecule has 4 heteroatoms. The zero-order valence-corrected chi connectivity index (χ0v) is 14.0. The fourth-order valence-corrected chi connectivity index (χ4v) is 5.32. The summed E-state index contributed by atoms with van der Waals surface area (Å²) in [4.78, 5) is 4.56. The minimum Gasteiger partial charge on any atom is -0.401 e. The molecule has 1 aromatic carbocycles. The predicted octanol–water partition coefficient (Wildman–Crippen LogP) is 3.17. The number of para-hydroxylation sites is 1. The molecule has 2 bridgehead atoms. The number of fused-ring (bicyclic) bond motifs is 1. The molecular formula is C19H22BNO2. The second kappa shape index (κ2) is 4.37. The van der Waals surface area contributed by atoms with Gasteiger partial charge in [-0.25, -0.2) is 0 Å². The van der Waals surface area contributed by atoms with E-state index >= 15 is 0 Å². The SMILES string of the molecule is CC1(C)[C@H]2C[C@@H]3OB(c4cccc5cccnc45)O[C@]3(C)[C@@H]1C2. The Balaban J connectivity index is 1.55. The molecule has 0 spiro atoms. The lowest BCUT2D eigenvalue weighted by atomic mass is 9.43. The van der Waals surface area contributed by atoms with Gasteiger partial charge < -0.3 is 9.31 Å². The number of nitrogens with zero attached hydrogens (tertiary/aromatic N) is 1. The Bertz CT molecular complexity index is 787. The Labute approximate surface area is 137 Å². The molecule has 3 nitrogen and oxygen atoms in total. The third-order valence-corrected chi connectivity index (χ3v) is 6.87. The summed E-state index contributed by atoms with van der Waals surface area (Å²) in [7, 11) is -0.293. The normalized spacial score (nSPS) is 37.5. The van der Waals surface area contributed by atoms with Crippen LogP contribution in [-0.2, 0) is 9.31 Å². The minimum atomic E-state index is -0.293. The minimum absolute atomic E-state index is 0.167. The molecule has 2 aromatic rings. The number of hydrogen-bond donors (Lipinski definition) is 0. The Morgan fingerprint density at radius 1 is 1.13 bits per heavy atom. The van der Waals surface area contributed by atoms with Gasteiger partial charge in [-0.15, -0.1) is 0 Å². The maximum Gasteiger partial charge on any atom is 0.496 e. The molecule has 1 saturated heterocycles. The number of benzene rings is 1. The zero-order chi connectivity index (χ0) is 15.8. The molecule has 1 aliphatic heterocycles. The summed E-state index contributed by atoms with van der Waals surface area (Å²) in [5.74, 6) is 1.37. The molecule has 0 unspecified atom stereocenters. The third-order valence-electron chi connectivity index (χ3n) is 6.87. The maximum absolute atomic E-state index is 6.57. The first kappa shape index (κ1) is 14.0. The summed E-state index contributed by atoms with van der Waals surface area (Å²) < 4.78 is 13.0. The van der Waals surface area contributed by atoms with E-state index in [0.717, 1.165) is 28.7 Å². The van der Waals surface area contributed by atoms with Gasteiger partial charge in [0.2, 0.25) is 0 Å². The molecule has 3 aliphatic carbocycles. The van der Waals surface area contributed by atoms with Crippen molar-refractivity contribution in [1.29, 1.82) is 0 Å². The Hall–Kier alpha value is -1.39. The Morgan fingerprint density at radius 3 is 2.78 bits per heavy atom. The van der Waals surface area contributed by atoms with E-state index in [2.05, 4.69) is 50.0 Å². The van der Waals surface area contributed by atoms with Crippen molar-refractivity contribution in [1.82, 2.24) is 4.98 Å². The van der Waals surface area contributed by atoms with Crippen molar-refractivity contribution < 1.29 is 9.31 Å². The highest BCUT2D eigenvalue weighted by Gasteiger charge is 2.68. The molecule has 3 saturated carbocycles. The highest BCUT2D eigenvalue weighted by Crippen LogP contribution is 2.65. The van der Waals surface area contributed by atoms with Crippen LogP contribution in [0, 0.1) is 17.3 Å². The van der Waals surface area contributed by atoms with Gasteiger partial charge in [0.15, 0.2) is 0 Å². The Kier molecular flexibility index (Phi) is 2.66. The predicted molar refractivity (Wildman–Crippen MR) is 91.5 cm³/mol. The van der Waals surface area contributed by atoms with Gasteiger partial charge in [-0.2, -0.15) is 0 Å². The molecule has 6 rings (SSSR count). The monoisotopic (exact) mass is 307 g/mol. The number of pyridine rings is 1. The Morgan fingerprint density at radius 2 is 1.96 bits per heavy atom. The first-order valence-corrected chi connectivity index (χ1v) is 8.67.